The Kier molecular flexibility index (Phi) is 11.2. The van der Waals surface area contributed by atoms with E-state index in [9.17, 15) is 15.2 Å². The minimum absolute atomic E-state index is 0. The summed E-state index contributed by atoms with van der Waals surface area (Å²) in [5.74, 6) is 0. The Morgan fingerprint density at radius 2 is 1.18 bits per heavy atom. The van der Waals surface area contributed by atoms with E-state index < -0.39 is 27.2 Å². The Balaban J connectivity index is -0.000000107. The molecule has 0 saturated carbocycles. The van der Waals surface area contributed by atoms with E-state index in [2.05, 4.69) is 2.84 Å². The molecule has 0 amide bonds. The molecule has 0 radical (unpaired) electrons. The van der Waals surface area contributed by atoms with Crippen LogP contribution < -0.4 is 51.4 Å². The van der Waals surface area contributed by atoms with E-state index in [0.717, 1.165) is 0 Å². The van der Waals surface area contributed by atoms with E-state index in [4.69, 9.17) is 8.32 Å². The number of hydrogen-bond acceptors (Lipinski definition) is 5. The van der Waals surface area contributed by atoms with Crippen molar-refractivity contribution in [3.63, 3.8) is 0 Å². The van der Waals surface area contributed by atoms with Crippen LogP contribution in [0.3, 0.4) is 0 Å². The van der Waals surface area contributed by atoms with Gasteiger partial charge in [0.2, 0.25) is 0 Å². The quantitative estimate of drug-likeness (QED) is 0.493. The number of rotatable bonds is 2. The molecule has 0 aliphatic carbocycles. The minimum atomic E-state index is -5.76. The molecule has 11 heavy (non-hydrogen) atoms. The second-order valence-corrected chi connectivity index (χ2v) is 4.68. The van der Waals surface area contributed by atoms with Crippen molar-refractivity contribution in [1.82, 2.24) is 0 Å². The van der Waals surface area contributed by atoms with Gasteiger partial charge in [0.15, 0.2) is 0 Å². The third kappa shape index (κ3) is 18.8. The van der Waals surface area contributed by atoms with Crippen LogP contribution in [0, 0.1) is 0 Å². The molecule has 0 unspecified atom stereocenters. The molecular formula is H5Cr2KO7S. The molecule has 11 heteroatoms. The van der Waals surface area contributed by atoms with Gasteiger partial charge in [0.05, 0.1) is 0 Å². The molecule has 0 atom stereocenters. The maximum absolute atomic E-state index is 9.53. The van der Waals surface area contributed by atoms with Crippen molar-refractivity contribution in [2.75, 3.05) is 0 Å². The van der Waals surface area contributed by atoms with E-state index in [1.165, 1.54) is 0 Å². The zero-order valence-electron chi connectivity index (χ0n) is 6.25. The molecule has 0 rings (SSSR count). The molecule has 0 aliphatic rings. The average molecular weight is 292 g/mol. The molecule has 0 aliphatic heterocycles. The van der Waals surface area contributed by atoms with E-state index in [0.29, 0.717) is 0 Å². The molecule has 0 aromatic carbocycles. The Labute approximate surface area is 118 Å². The summed E-state index contributed by atoms with van der Waals surface area (Å²) in [5.41, 5.74) is 0. The third-order valence-electron chi connectivity index (χ3n) is 0.172. The summed E-state index contributed by atoms with van der Waals surface area (Å²) >= 11 is -11.5. The van der Waals surface area contributed by atoms with Crippen molar-refractivity contribution in [1.29, 1.82) is 0 Å². The molecule has 2 N–H and O–H groups in total. The molecule has 0 spiro atoms. The summed E-state index contributed by atoms with van der Waals surface area (Å²) in [6.45, 7) is 0. The fourth-order valence-electron chi connectivity index (χ4n) is 0.109. The summed E-state index contributed by atoms with van der Waals surface area (Å²) in [4.78, 5) is 0. The van der Waals surface area contributed by atoms with Gasteiger partial charge in [0, 0.05) is 0 Å². The van der Waals surface area contributed by atoms with E-state index in [1.807, 2.05) is 0 Å². The first-order valence-electron chi connectivity index (χ1n) is 1.37. The summed E-state index contributed by atoms with van der Waals surface area (Å²) in [6, 6.07) is 0. The van der Waals surface area contributed by atoms with Crippen molar-refractivity contribution in [3.05, 3.63) is 0 Å². The summed E-state index contributed by atoms with van der Waals surface area (Å²) in [5, 5.41) is 0. The fourth-order valence-corrected chi connectivity index (χ4v) is 1.85. The van der Waals surface area contributed by atoms with Crippen LogP contribution in [-0.2, 0) is 45.3 Å². The maximum atomic E-state index is 9.53. The first-order valence-corrected chi connectivity index (χ1v) is 5.63. The van der Waals surface area contributed by atoms with Crippen molar-refractivity contribution in [2.24, 2.45) is 0 Å². The Hall–Kier alpha value is 2.13. The van der Waals surface area contributed by atoms with Crippen molar-refractivity contribution < 1.29 is 106 Å². The molecule has 0 aromatic heterocycles. The zero-order chi connectivity index (χ0) is 7.71. The van der Waals surface area contributed by atoms with Crippen LogP contribution >= 0.6 is 13.5 Å². The summed E-state index contributed by atoms with van der Waals surface area (Å²) < 4.78 is 56.3. The van der Waals surface area contributed by atoms with Gasteiger partial charge in [-0.2, -0.15) is 13.5 Å². The van der Waals surface area contributed by atoms with Crippen molar-refractivity contribution in [2.45, 2.75) is 0 Å². The Morgan fingerprint density at radius 3 is 1.18 bits per heavy atom. The monoisotopic (exact) mass is 292 g/mol. The van der Waals surface area contributed by atoms with Crippen molar-refractivity contribution >= 4 is 13.5 Å². The van der Waals surface area contributed by atoms with Crippen LogP contribution in [0.4, 0.5) is 0 Å². The topological polar surface area (TPSA) is 118 Å². The van der Waals surface area contributed by atoms with Crippen LogP contribution in [0.25, 0.3) is 0 Å². The van der Waals surface area contributed by atoms with Gasteiger partial charge in [-0.25, -0.2) is 0 Å². The van der Waals surface area contributed by atoms with Gasteiger partial charge in [-0.05, 0) is 0 Å². The predicted molar refractivity (Wildman–Crippen MR) is 19.8 cm³/mol. The van der Waals surface area contributed by atoms with Gasteiger partial charge in [-0.15, -0.1) is 0 Å². The van der Waals surface area contributed by atoms with Gasteiger partial charge >= 0.3 is 105 Å². The van der Waals surface area contributed by atoms with Crippen LogP contribution in [-0.4, -0.2) is 8.32 Å². The number of hydrogen-bond donors (Lipinski definition) is 2. The average Bonchev–Trinajstić information content (AvgIpc) is 1.14. The molecule has 66 valence electrons. The fraction of sp³-hybridized carbons (Fsp3) is 0. The van der Waals surface area contributed by atoms with Crippen LogP contribution in [0.15, 0.2) is 0 Å². The normalized spacial score (nSPS) is 11.1. The zero-order valence-corrected chi connectivity index (χ0v) is 11.9. The first-order chi connectivity index (χ1) is 3.71. The molecule has 0 heterocycles. The third-order valence-corrected chi connectivity index (χ3v) is 2.92. The summed E-state index contributed by atoms with van der Waals surface area (Å²) in [6.07, 6.45) is 0. The standard InChI is InChI=1S/2Cr.K.2H2O.5O.H2S.H/h;;;2*1H2;;;;;;1H2;/q3*+1;;;;;;;;;-1/p-2. The van der Waals surface area contributed by atoms with Gasteiger partial charge in [0.1, 0.15) is 0 Å². The Morgan fingerprint density at radius 1 is 1.00 bits per heavy atom. The summed E-state index contributed by atoms with van der Waals surface area (Å²) in [7, 11) is 0. The van der Waals surface area contributed by atoms with Crippen LogP contribution in [0.1, 0.15) is 1.43 Å². The predicted octanol–water partition coefficient (Wildman–Crippen LogP) is -4.43. The van der Waals surface area contributed by atoms with E-state index in [-0.39, 0.29) is 66.3 Å². The molecule has 0 aromatic rings. The van der Waals surface area contributed by atoms with Gasteiger partial charge in [0.25, 0.3) is 0 Å². The molecule has 0 fully saturated rings. The van der Waals surface area contributed by atoms with E-state index >= 15 is 0 Å². The molecule has 7 nitrogen and oxygen atoms in total. The van der Waals surface area contributed by atoms with Crippen LogP contribution in [0.2, 0.25) is 0 Å². The van der Waals surface area contributed by atoms with Crippen LogP contribution in [0.5, 0.6) is 0 Å². The van der Waals surface area contributed by atoms with Gasteiger partial charge < -0.3 is 1.43 Å². The molecule has 0 bridgehead atoms. The van der Waals surface area contributed by atoms with Crippen molar-refractivity contribution in [3.8, 4) is 0 Å². The SMILES string of the molecule is S.[H-].[K+].[O]=[Cr](=[O])([OH])[O][Cr](=[O])(=[O])[OH]. The van der Waals surface area contributed by atoms with Gasteiger partial charge in [-0.1, -0.05) is 0 Å². The first kappa shape index (κ1) is 18.8. The van der Waals surface area contributed by atoms with E-state index in [1.54, 1.807) is 0 Å². The van der Waals surface area contributed by atoms with Gasteiger partial charge in [-0.3, -0.25) is 0 Å². The second kappa shape index (κ2) is 6.57. The second-order valence-electron chi connectivity index (χ2n) is 0.924. The molecular weight excluding hydrogens is 287 g/mol. The Bertz CT molecular complexity index is 247. The molecule has 0 saturated heterocycles.